The predicted octanol–water partition coefficient (Wildman–Crippen LogP) is 1.37. The molecule has 0 heterocycles. The van der Waals surface area contributed by atoms with Crippen LogP contribution in [0, 0.1) is 0 Å². The number of nitrogens with zero attached hydrogens (tertiary/aromatic N) is 1. The fourth-order valence-corrected chi connectivity index (χ4v) is 1.25. The Morgan fingerprint density at radius 1 is 1.24 bits per heavy atom. The number of amidine groups is 1. The van der Waals surface area contributed by atoms with E-state index in [0.717, 1.165) is 0 Å². The highest BCUT2D eigenvalue weighted by atomic mass is 16.7. The van der Waals surface area contributed by atoms with Crippen molar-refractivity contribution in [1.29, 1.82) is 0 Å². The van der Waals surface area contributed by atoms with Gasteiger partial charge in [-0.25, -0.2) is 9.59 Å². The van der Waals surface area contributed by atoms with Crippen LogP contribution >= 0.6 is 0 Å². The number of nitrogens with two attached hydrogens (primary N) is 1. The van der Waals surface area contributed by atoms with Gasteiger partial charge in [-0.1, -0.05) is 35.5 Å². The van der Waals surface area contributed by atoms with Gasteiger partial charge in [-0.3, -0.25) is 0 Å². The van der Waals surface area contributed by atoms with Gasteiger partial charge in [0.1, 0.15) is 12.1 Å². The predicted molar refractivity (Wildman–Crippen MR) is 77.5 cm³/mol. The quantitative estimate of drug-likeness (QED) is 0.378. The van der Waals surface area contributed by atoms with Gasteiger partial charge >= 0.3 is 12.1 Å². The summed E-state index contributed by atoms with van der Waals surface area (Å²) in [7, 11) is 0. The summed E-state index contributed by atoms with van der Waals surface area (Å²) in [6.07, 6.45) is -0.709. The van der Waals surface area contributed by atoms with Gasteiger partial charge in [-0.05, 0) is 20.8 Å². The lowest BCUT2D eigenvalue weighted by Crippen LogP contribution is -2.35. The summed E-state index contributed by atoms with van der Waals surface area (Å²) in [5, 5.41) is 5.76. The van der Waals surface area contributed by atoms with Crippen molar-refractivity contribution in [3.63, 3.8) is 0 Å². The number of alkyl carbamates (subject to hydrolysis) is 1. The first-order valence-electron chi connectivity index (χ1n) is 6.33. The van der Waals surface area contributed by atoms with Crippen molar-refractivity contribution in [2.45, 2.75) is 26.4 Å². The van der Waals surface area contributed by atoms with Crippen molar-refractivity contribution < 1.29 is 19.2 Å². The molecule has 0 atom stereocenters. The molecule has 1 aromatic carbocycles. The van der Waals surface area contributed by atoms with E-state index >= 15 is 0 Å². The molecule has 0 saturated carbocycles. The van der Waals surface area contributed by atoms with Crippen LogP contribution in [0.15, 0.2) is 35.5 Å². The molecule has 114 valence electrons. The van der Waals surface area contributed by atoms with E-state index in [0.29, 0.717) is 5.56 Å². The van der Waals surface area contributed by atoms with Crippen LogP contribution in [0.2, 0.25) is 0 Å². The van der Waals surface area contributed by atoms with Crippen molar-refractivity contribution in [3.8, 4) is 0 Å². The van der Waals surface area contributed by atoms with E-state index in [-0.39, 0.29) is 12.4 Å². The summed E-state index contributed by atoms with van der Waals surface area (Å²) >= 11 is 0. The maximum absolute atomic E-state index is 11.4. The molecule has 7 heteroatoms. The Labute approximate surface area is 123 Å². The van der Waals surface area contributed by atoms with E-state index in [9.17, 15) is 9.59 Å². The number of rotatable bonds is 4. The lowest BCUT2D eigenvalue weighted by atomic mass is 10.2. The summed E-state index contributed by atoms with van der Waals surface area (Å²) in [6.45, 7) is 4.79. The Hall–Kier alpha value is -2.57. The van der Waals surface area contributed by atoms with E-state index in [1.54, 1.807) is 45.0 Å². The van der Waals surface area contributed by atoms with Crippen LogP contribution in [0.3, 0.4) is 0 Å². The molecule has 3 N–H and O–H groups in total. The normalized spacial score (nSPS) is 11.7. The van der Waals surface area contributed by atoms with Gasteiger partial charge in [-0.15, -0.1) is 0 Å². The molecule has 0 aliphatic rings. The second-order valence-corrected chi connectivity index (χ2v) is 5.16. The maximum atomic E-state index is 11.4. The third-order valence-corrected chi connectivity index (χ3v) is 2.09. The molecule has 0 bridgehead atoms. The number of carbonyl (C=O) groups excluding carboxylic acids is 2. The van der Waals surface area contributed by atoms with Gasteiger partial charge in [0, 0.05) is 5.56 Å². The third kappa shape index (κ3) is 6.95. The Kier molecular flexibility index (Phi) is 5.71. The number of hydrogen-bond acceptors (Lipinski definition) is 5. The average Bonchev–Trinajstić information content (AvgIpc) is 2.41. The molecule has 0 fully saturated rings. The number of nitrogens with one attached hydrogen (secondary N) is 1. The van der Waals surface area contributed by atoms with Gasteiger partial charge in [0.25, 0.3) is 0 Å². The Morgan fingerprint density at radius 3 is 2.43 bits per heavy atom. The molecular formula is C14H19N3O4. The maximum Gasteiger partial charge on any atom is 0.408 e. The van der Waals surface area contributed by atoms with Crippen LogP contribution < -0.4 is 11.1 Å². The molecule has 0 aliphatic carbocycles. The summed E-state index contributed by atoms with van der Waals surface area (Å²) in [4.78, 5) is 27.3. The van der Waals surface area contributed by atoms with Crippen LogP contribution in [0.5, 0.6) is 0 Å². The third-order valence-electron chi connectivity index (χ3n) is 2.09. The highest BCUT2D eigenvalue weighted by Crippen LogP contribution is 2.06. The van der Waals surface area contributed by atoms with Gasteiger partial charge in [0.15, 0.2) is 5.84 Å². The summed E-state index contributed by atoms with van der Waals surface area (Å²) in [6, 6.07) is 8.85. The molecule has 1 aromatic rings. The Morgan fingerprint density at radius 2 is 1.86 bits per heavy atom. The summed E-state index contributed by atoms with van der Waals surface area (Å²) in [5.74, 6) is -0.680. The molecule has 0 aliphatic heterocycles. The van der Waals surface area contributed by atoms with Crippen molar-refractivity contribution >= 4 is 17.9 Å². The first kappa shape index (κ1) is 16.5. The minimum Gasteiger partial charge on any atom is -0.444 e. The highest BCUT2D eigenvalue weighted by Gasteiger charge is 2.16. The summed E-state index contributed by atoms with van der Waals surface area (Å²) < 4.78 is 4.96. The number of ether oxygens (including phenoxy) is 1. The largest absolute Gasteiger partial charge is 0.444 e. The number of amides is 1. The second-order valence-electron chi connectivity index (χ2n) is 5.16. The lowest BCUT2D eigenvalue weighted by Gasteiger charge is -2.19. The Bertz CT molecular complexity index is 521. The monoisotopic (exact) mass is 293 g/mol. The zero-order chi connectivity index (χ0) is 15.9. The molecule has 21 heavy (non-hydrogen) atoms. The average molecular weight is 293 g/mol. The van der Waals surface area contributed by atoms with Crippen molar-refractivity contribution in [2.75, 3.05) is 6.54 Å². The summed E-state index contributed by atoms with van der Waals surface area (Å²) in [5.41, 5.74) is 5.64. The van der Waals surface area contributed by atoms with E-state index < -0.39 is 17.7 Å². The molecule has 0 radical (unpaired) electrons. The Balaban J connectivity index is 2.39. The zero-order valence-corrected chi connectivity index (χ0v) is 12.3. The molecule has 0 aromatic heterocycles. The van der Waals surface area contributed by atoms with Crippen molar-refractivity contribution in [2.24, 2.45) is 10.9 Å². The minimum absolute atomic E-state index is 0.0706. The molecule has 1 rings (SSSR count). The number of benzene rings is 1. The molecule has 0 unspecified atom stereocenters. The van der Waals surface area contributed by atoms with Gasteiger partial charge in [0.2, 0.25) is 0 Å². The number of hydrogen-bond donors (Lipinski definition) is 2. The fraction of sp³-hybridized carbons (Fsp3) is 0.357. The standard InChI is InChI=1S/C14H19N3O4/c1-14(2,3)20-13(19)16-9-11(18)21-17-12(15)10-7-5-4-6-8-10/h4-8H,9H2,1-3H3,(H2,15,17)(H,16,19). The van der Waals surface area contributed by atoms with Crippen LogP contribution in [0.25, 0.3) is 0 Å². The molecule has 0 saturated heterocycles. The highest BCUT2D eigenvalue weighted by molar-refractivity contribution is 5.97. The van der Waals surface area contributed by atoms with E-state index in [4.69, 9.17) is 10.5 Å². The first-order chi connectivity index (χ1) is 9.78. The fourth-order valence-electron chi connectivity index (χ4n) is 1.25. The SMILES string of the molecule is CC(C)(C)OC(=O)NCC(=O)ON=C(N)c1ccccc1. The molecular weight excluding hydrogens is 274 g/mol. The van der Waals surface area contributed by atoms with E-state index in [1.807, 2.05) is 6.07 Å². The zero-order valence-electron chi connectivity index (χ0n) is 12.3. The number of carbonyl (C=O) groups is 2. The second kappa shape index (κ2) is 7.28. The molecule has 1 amide bonds. The van der Waals surface area contributed by atoms with Gasteiger partial charge in [-0.2, -0.15) is 0 Å². The van der Waals surface area contributed by atoms with Gasteiger partial charge in [0.05, 0.1) is 0 Å². The lowest BCUT2D eigenvalue weighted by molar-refractivity contribution is -0.142. The molecule has 7 nitrogen and oxygen atoms in total. The van der Waals surface area contributed by atoms with Crippen LogP contribution in [-0.2, 0) is 14.4 Å². The van der Waals surface area contributed by atoms with E-state index in [1.165, 1.54) is 0 Å². The van der Waals surface area contributed by atoms with Crippen LogP contribution in [0.1, 0.15) is 26.3 Å². The van der Waals surface area contributed by atoms with Crippen LogP contribution in [0.4, 0.5) is 4.79 Å². The topological polar surface area (TPSA) is 103 Å². The van der Waals surface area contributed by atoms with Crippen molar-refractivity contribution in [3.05, 3.63) is 35.9 Å². The number of oxime groups is 1. The minimum atomic E-state index is -0.750. The van der Waals surface area contributed by atoms with E-state index in [2.05, 4.69) is 15.3 Å². The van der Waals surface area contributed by atoms with Crippen molar-refractivity contribution in [1.82, 2.24) is 5.32 Å². The molecule has 0 spiro atoms. The first-order valence-corrected chi connectivity index (χ1v) is 6.33. The van der Waals surface area contributed by atoms with Crippen LogP contribution in [-0.4, -0.2) is 30.0 Å². The van der Waals surface area contributed by atoms with Gasteiger partial charge < -0.3 is 20.6 Å². The smallest absolute Gasteiger partial charge is 0.408 e.